The van der Waals surface area contributed by atoms with Crippen LogP contribution >= 0.6 is 11.6 Å². The Morgan fingerprint density at radius 3 is 2.35 bits per heavy atom. The smallest absolute Gasteiger partial charge is 0.0186 e. The average Bonchev–Trinajstić information content (AvgIpc) is 2.35. The zero-order valence-electron chi connectivity index (χ0n) is 10.8. The Morgan fingerprint density at radius 1 is 1.00 bits per heavy atom. The summed E-state index contributed by atoms with van der Waals surface area (Å²) >= 11 is 6.22. The topological polar surface area (TPSA) is 0 Å². The SMILES string of the molecule is CCCCCCCC/C(Cl)=C/c1ccccc1. The molecule has 0 aromatic heterocycles. The van der Waals surface area contributed by atoms with Crippen molar-refractivity contribution in [1.29, 1.82) is 0 Å². The van der Waals surface area contributed by atoms with Gasteiger partial charge < -0.3 is 0 Å². The number of benzene rings is 1. The molecule has 0 spiro atoms. The summed E-state index contributed by atoms with van der Waals surface area (Å²) in [5.74, 6) is 0. The second-order valence-corrected chi connectivity index (χ2v) is 5.01. The van der Waals surface area contributed by atoms with Crippen LogP contribution in [0.25, 0.3) is 6.08 Å². The lowest BCUT2D eigenvalue weighted by atomic mass is 10.1. The van der Waals surface area contributed by atoms with E-state index in [1.807, 2.05) is 18.2 Å². The third kappa shape index (κ3) is 7.23. The molecule has 0 fully saturated rings. The Hall–Kier alpha value is -0.750. The van der Waals surface area contributed by atoms with Crippen LogP contribution in [0.15, 0.2) is 35.4 Å². The highest BCUT2D eigenvalue weighted by Gasteiger charge is 1.95. The molecule has 1 aromatic carbocycles. The largest absolute Gasteiger partial charge is 0.0891 e. The summed E-state index contributed by atoms with van der Waals surface area (Å²) in [7, 11) is 0. The van der Waals surface area contributed by atoms with E-state index in [9.17, 15) is 0 Å². The van der Waals surface area contributed by atoms with Crippen LogP contribution in [0.5, 0.6) is 0 Å². The van der Waals surface area contributed by atoms with Crippen molar-refractivity contribution in [2.24, 2.45) is 0 Å². The lowest BCUT2D eigenvalue weighted by Gasteiger charge is -2.01. The Labute approximate surface area is 111 Å². The minimum absolute atomic E-state index is 0.978. The van der Waals surface area contributed by atoms with Crippen LogP contribution in [0.4, 0.5) is 0 Å². The Bertz CT molecular complexity index is 314. The van der Waals surface area contributed by atoms with Crippen LogP contribution in [-0.2, 0) is 0 Å². The maximum absolute atomic E-state index is 6.22. The maximum Gasteiger partial charge on any atom is 0.0186 e. The molecule has 0 unspecified atom stereocenters. The van der Waals surface area contributed by atoms with Crippen LogP contribution < -0.4 is 0 Å². The van der Waals surface area contributed by atoms with Crippen molar-refractivity contribution in [2.45, 2.75) is 51.9 Å². The highest BCUT2D eigenvalue weighted by molar-refractivity contribution is 6.31. The summed E-state index contributed by atoms with van der Waals surface area (Å²) < 4.78 is 0. The normalized spacial score (nSPS) is 11.8. The fourth-order valence-corrected chi connectivity index (χ4v) is 2.14. The molecule has 1 rings (SSSR count). The van der Waals surface area contributed by atoms with Crippen molar-refractivity contribution in [1.82, 2.24) is 0 Å². The summed E-state index contributed by atoms with van der Waals surface area (Å²) in [4.78, 5) is 0. The van der Waals surface area contributed by atoms with E-state index in [0.29, 0.717) is 0 Å². The summed E-state index contributed by atoms with van der Waals surface area (Å²) in [6.45, 7) is 2.25. The van der Waals surface area contributed by atoms with Crippen LogP contribution in [-0.4, -0.2) is 0 Å². The van der Waals surface area contributed by atoms with Crippen molar-refractivity contribution in [3.8, 4) is 0 Å². The number of hydrogen-bond donors (Lipinski definition) is 0. The van der Waals surface area contributed by atoms with Crippen molar-refractivity contribution in [2.75, 3.05) is 0 Å². The van der Waals surface area contributed by atoms with Crippen LogP contribution in [0.3, 0.4) is 0 Å². The van der Waals surface area contributed by atoms with Gasteiger partial charge in [-0.1, -0.05) is 81.0 Å². The third-order valence-corrected chi connectivity index (χ3v) is 3.19. The first-order valence-electron chi connectivity index (χ1n) is 6.74. The molecule has 0 aliphatic heterocycles. The molecule has 0 aliphatic carbocycles. The van der Waals surface area contributed by atoms with E-state index < -0.39 is 0 Å². The van der Waals surface area contributed by atoms with Gasteiger partial charge >= 0.3 is 0 Å². The van der Waals surface area contributed by atoms with Gasteiger partial charge in [-0.2, -0.15) is 0 Å². The highest BCUT2D eigenvalue weighted by Crippen LogP contribution is 2.17. The highest BCUT2D eigenvalue weighted by atomic mass is 35.5. The lowest BCUT2D eigenvalue weighted by Crippen LogP contribution is -1.80. The number of unbranched alkanes of at least 4 members (excludes halogenated alkanes) is 5. The van der Waals surface area contributed by atoms with E-state index in [1.165, 1.54) is 44.1 Å². The van der Waals surface area contributed by atoms with Gasteiger partial charge in [0.2, 0.25) is 0 Å². The van der Waals surface area contributed by atoms with Crippen LogP contribution in [0.1, 0.15) is 57.4 Å². The summed E-state index contributed by atoms with van der Waals surface area (Å²) in [5, 5.41) is 0.978. The predicted octanol–water partition coefficient (Wildman–Crippen LogP) is 6.02. The molecule has 0 saturated heterocycles. The molecule has 0 nitrogen and oxygen atoms in total. The molecule has 0 aliphatic rings. The standard InChI is InChI=1S/C16H23Cl/c1-2-3-4-5-6-10-13-16(17)14-15-11-8-7-9-12-15/h7-9,11-12,14H,2-6,10,13H2,1H3/b16-14-. The first kappa shape index (κ1) is 14.3. The molecule has 17 heavy (non-hydrogen) atoms. The zero-order chi connectivity index (χ0) is 12.3. The van der Waals surface area contributed by atoms with Crippen molar-refractivity contribution < 1.29 is 0 Å². The quantitative estimate of drug-likeness (QED) is 0.495. The van der Waals surface area contributed by atoms with Crippen molar-refractivity contribution in [3.63, 3.8) is 0 Å². The second-order valence-electron chi connectivity index (χ2n) is 4.52. The van der Waals surface area contributed by atoms with Gasteiger partial charge in [-0.3, -0.25) is 0 Å². The molecule has 94 valence electrons. The molecule has 0 radical (unpaired) electrons. The van der Waals surface area contributed by atoms with Gasteiger partial charge in [0, 0.05) is 5.03 Å². The number of rotatable bonds is 8. The van der Waals surface area contributed by atoms with Gasteiger partial charge in [0.05, 0.1) is 0 Å². The third-order valence-electron chi connectivity index (χ3n) is 2.89. The average molecular weight is 251 g/mol. The van der Waals surface area contributed by atoms with E-state index in [2.05, 4.69) is 25.1 Å². The Kier molecular flexibility index (Phi) is 7.83. The van der Waals surface area contributed by atoms with Crippen molar-refractivity contribution in [3.05, 3.63) is 40.9 Å². The molecular weight excluding hydrogens is 228 g/mol. The maximum atomic E-state index is 6.22. The molecule has 0 amide bonds. The van der Waals surface area contributed by atoms with E-state index >= 15 is 0 Å². The molecule has 0 bridgehead atoms. The summed E-state index contributed by atoms with van der Waals surface area (Å²) in [5.41, 5.74) is 1.20. The zero-order valence-corrected chi connectivity index (χ0v) is 11.5. The van der Waals surface area contributed by atoms with Crippen LogP contribution in [0.2, 0.25) is 0 Å². The minimum atomic E-state index is 0.978. The molecular formula is C16H23Cl. The van der Waals surface area contributed by atoms with Gasteiger partial charge in [0.1, 0.15) is 0 Å². The molecule has 0 atom stereocenters. The van der Waals surface area contributed by atoms with Gasteiger partial charge in [0.15, 0.2) is 0 Å². The first-order valence-corrected chi connectivity index (χ1v) is 7.12. The van der Waals surface area contributed by atoms with Gasteiger partial charge in [-0.25, -0.2) is 0 Å². The minimum Gasteiger partial charge on any atom is -0.0891 e. The summed E-state index contributed by atoms with van der Waals surface area (Å²) in [6, 6.07) is 10.3. The molecule has 0 heterocycles. The van der Waals surface area contributed by atoms with Gasteiger partial charge in [-0.05, 0) is 24.5 Å². The number of allylic oxidation sites excluding steroid dienone is 1. The van der Waals surface area contributed by atoms with Crippen LogP contribution in [0, 0.1) is 0 Å². The Balaban J connectivity index is 2.17. The Morgan fingerprint density at radius 2 is 1.65 bits per heavy atom. The summed E-state index contributed by atoms with van der Waals surface area (Å²) in [6.07, 6.45) is 11.0. The predicted molar refractivity (Wildman–Crippen MR) is 78.3 cm³/mol. The number of halogens is 1. The van der Waals surface area contributed by atoms with E-state index in [0.717, 1.165) is 11.5 Å². The van der Waals surface area contributed by atoms with Crippen molar-refractivity contribution >= 4 is 17.7 Å². The second kappa shape index (κ2) is 9.30. The fraction of sp³-hybridized carbons (Fsp3) is 0.500. The monoisotopic (exact) mass is 250 g/mol. The van der Waals surface area contributed by atoms with E-state index in [-0.39, 0.29) is 0 Å². The van der Waals surface area contributed by atoms with Gasteiger partial charge in [0.25, 0.3) is 0 Å². The molecule has 1 heteroatoms. The fourth-order valence-electron chi connectivity index (χ4n) is 1.88. The van der Waals surface area contributed by atoms with Gasteiger partial charge in [-0.15, -0.1) is 0 Å². The van der Waals surface area contributed by atoms with E-state index in [1.54, 1.807) is 0 Å². The number of hydrogen-bond acceptors (Lipinski definition) is 0. The van der Waals surface area contributed by atoms with E-state index in [4.69, 9.17) is 11.6 Å². The molecule has 0 saturated carbocycles. The first-order chi connectivity index (χ1) is 8.33. The lowest BCUT2D eigenvalue weighted by molar-refractivity contribution is 0.610. The molecule has 1 aromatic rings. The molecule has 0 N–H and O–H groups in total.